The lowest BCUT2D eigenvalue weighted by atomic mass is 10.2. The summed E-state index contributed by atoms with van der Waals surface area (Å²) in [4.78, 5) is 36.4. The fourth-order valence-electron chi connectivity index (χ4n) is 2.48. The standard InChI is InChI=1S/C20H19N5O3/c1-13-23-17(19(26)22-12-14-7-9-21-10-8-14)11-18(24-13)25-16-5-3-15(4-6-16)20(27)28-2/h3-11H,12H2,1-2H3,(H,22,26)(H,23,24,25). The Morgan fingerprint density at radius 3 is 2.43 bits per heavy atom. The van der Waals surface area contributed by atoms with Crippen molar-refractivity contribution in [3.8, 4) is 0 Å². The number of nitrogens with zero attached hydrogens (tertiary/aromatic N) is 3. The van der Waals surface area contributed by atoms with E-state index in [4.69, 9.17) is 0 Å². The van der Waals surface area contributed by atoms with Crippen molar-refractivity contribution in [3.05, 3.63) is 77.5 Å². The number of carbonyl (C=O) groups excluding carboxylic acids is 2. The molecule has 0 spiro atoms. The predicted molar refractivity (Wildman–Crippen MR) is 103 cm³/mol. The maximum Gasteiger partial charge on any atom is 0.337 e. The van der Waals surface area contributed by atoms with Crippen LogP contribution >= 0.6 is 0 Å². The number of esters is 1. The number of amides is 1. The van der Waals surface area contributed by atoms with Gasteiger partial charge >= 0.3 is 5.97 Å². The summed E-state index contributed by atoms with van der Waals surface area (Å²) in [5, 5.41) is 5.93. The number of anilines is 2. The summed E-state index contributed by atoms with van der Waals surface area (Å²) in [5.74, 6) is 0.238. The lowest BCUT2D eigenvalue weighted by molar-refractivity contribution is 0.0600. The third-order valence-electron chi connectivity index (χ3n) is 3.85. The zero-order valence-corrected chi connectivity index (χ0v) is 15.5. The van der Waals surface area contributed by atoms with Crippen molar-refractivity contribution in [2.75, 3.05) is 12.4 Å². The van der Waals surface area contributed by atoms with Gasteiger partial charge in [0.1, 0.15) is 17.3 Å². The molecular weight excluding hydrogens is 358 g/mol. The topological polar surface area (TPSA) is 106 Å². The highest BCUT2D eigenvalue weighted by molar-refractivity contribution is 5.93. The maximum absolute atomic E-state index is 12.4. The molecule has 0 aliphatic carbocycles. The second-order valence-corrected chi connectivity index (χ2v) is 5.92. The monoisotopic (exact) mass is 377 g/mol. The zero-order chi connectivity index (χ0) is 19.9. The van der Waals surface area contributed by atoms with Gasteiger partial charge in [-0.1, -0.05) is 0 Å². The van der Waals surface area contributed by atoms with E-state index in [0.717, 1.165) is 5.56 Å². The van der Waals surface area contributed by atoms with Crippen molar-refractivity contribution in [3.63, 3.8) is 0 Å². The van der Waals surface area contributed by atoms with E-state index >= 15 is 0 Å². The number of rotatable bonds is 6. The number of carbonyl (C=O) groups is 2. The quantitative estimate of drug-likeness (QED) is 0.636. The summed E-state index contributed by atoms with van der Waals surface area (Å²) in [6, 6.07) is 12.0. The lowest BCUT2D eigenvalue weighted by Gasteiger charge is -2.10. The first kappa shape index (κ1) is 19.0. The minimum Gasteiger partial charge on any atom is -0.465 e. The molecular formula is C20H19N5O3. The van der Waals surface area contributed by atoms with Crippen molar-refractivity contribution in [1.29, 1.82) is 0 Å². The molecule has 0 radical (unpaired) electrons. The molecule has 2 aromatic heterocycles. The van der Waals surface area contributed by atoms with Gasteiger partial charge < -0.3 is 15.4 Å². The second kappa shape index (κ2) is 8.72. The molecule has 142 valence electrons. The van der Waals surface area contributed by atoms with Crippen LogP contribution in [0.1, 0.15) is 32.2 Å². The Bertz CT molecular complexity index is 975. The van der Waals surface area contributed by atoms with Crippen LogP contribution in [-0.4, -0.2) is 33.9 Å². The van der Waals surface area contributed by atoms with Crippen molar-refractivity contribution < 1.29 is 14.3 Å². The fourth-order valence-corrected chi connectivity index (χ4v) is 2.48. The van der Waals surface area contributed by atoms with E-state index < -0.39 is 5.97 Å². The number of ether oxygens (including phenoxy) is 1. The smallest absolute Gasteiger partial charge is 0.337 e. The normalized spacial score (nSPS) is 10.2. The van der Waals surface area contributed by atoms with E-state index in [1.807, 2.05) is 12.1 Å². The molecule has 0 bridgehead atoms. The molecule has 1 aromatic carbocycles. The van der Waals surface area contributed by atoms with Crippen LogP contribution in [0.5, 0.6) is 0 Å². The highest BCUT2D eigenvalue weighted by Crippen LogP contribution is 2.17. The molecule has 1 amide bonds. The highest BCUT2D eigenvalue weighted by Gasteiger charge is 2.11. The zero-order valence-electron chi connectivity index (χ0n) is 15.5. The fraction of sp³-hybridized carbons (Fsp3) is 0.150. The van der Waals surface area contributed by atoms with E-state index in [2.05, 4.69) is 30.3 Å². The van der Waals surface area contributed by atoms with Gasteiger partial charge in [0.2, 0.25) is 0 Å². The summed E-state index contributed by atoms with van der Waals surface area (Å²) in [5.41, 5.74) is 2.37. The molecule has 0 atom stereocenters. The van der Waals surface area contributed by atoms with E-state index in [1.54, 1.807) is 49.6 Å². The lowest BCUT2D eigenvalue weighted by Crippen LogP contribution is -2.24. The number of aryl methyl sites for hydroxylation is 1. The molecule has 0 saturated carbocycles. The number of benzene rings is 1. The summed E-state index contributed by atoms with van der Waals surface area (Å²) >= 11 is 0. The van der Waals surface area contributed by atoms with Gasteiger partial charge in [-0.2, -0.15) is 0 Å². The van der Waals surface area contributed by atoms with Gasteiger partial charge in [0.05, 0.1) is 12.7 Å². The molecule has 0 aliphatic rings. The Labute approximate surface area is 162 Å². The van der Waals surface area contributed by atoms with Crippen LogP contribution in [0.25, 0.3) is 0 Å². The molecule has 0 fully saturated rings. The van der Waals surface area contributed by atoms with Crippen LogP contribution in [0.3, 0.4) is 0 Å². The molecule has 2 N–H and O–H groups in total. The maximum atomic E-state index is 12.4. The van der Waals surface area contributed by atoms with Crippen LogP contribution in [0, 0.1) is 6.92 Å². The largest absolute Gasteiger partial charge is 0.465 e. The van der Waals surface area contributed by atoms with Crippen molar-refractivity contribution in [2.24, 2.45) is 0 Å². The Hall–Kier alpha value is -3.81. The number of pyridine rings is 1. The second-order valence-electron chi connectivity index (χ2n) is 5.92. The Morgan fingerprint density at radius 2 is 1.75 bits per heavy atom. The van der Waals surface area contributed by atoms with E-state index in [-0.39, 0.29) is 11.6 Å². The van der Waals surface area contributed by atoms with Gasteiger partial charge in [-0.25, -0.2) is 14.8 Å². The van der Waals surface area contributed by atoms with Crippen LogP contribution < -0.4 is 10.6 Å². The number of methoxy groups -OCH3 is 1. The van der Waals surface area contributed by atoms with E-state index in [1.165, 1.54) is 7.11 Å². The number of aromatic nitrogens is 3. The van der Waals surface area contributed by atoms with Crippen molar-refractivity contribution in [2.45, 2.75) is 13.5 Å². The van der Waals surface area contributed by atoms with Crippen LogP contribution in [0.15, 0.2) is 54.9 Å². The number of hydrogen-bond acceptors (Lipinski definition) is 7. The van der Waals surface area contributed by atoms with Crippen LogP contribution in [-0.2, 0) is 11.3 Å². The summed E-state index contributed by atoms with van der Waals surface area (Å²) < 4.78 is 4.68. The number of nitrogens with one attached hydrogen (secondary N) is 2. The molecule has 8 nitrogen and oxygen atoms in total. The Balaban J connectivity index is 1.70. The van der Waals surface area contributed by atoms with Crippen molar-refractivity contribution in [1.82, 2.24) is 20.3 Å². The van der Waals surface area contributed by atoms with Gasteiger partial charge in [0.25, 0.3) is 5.91 Å². The van der Waals surface area contributed by atoms with E-state index in [0.29, 0.717) is 29.4 Å². The van der Waals surface area contributed by atoms with Crippen molar-refractivity contribution >= 4 is 23.4 Å². The summed E-state index contributed by atoms with van der Waals surface area (Å²) in [6.45, 7) is 2.09. The molecule has 0 unspecified atom stereocenters. The van der Waals surface area contributed by atoms with Gasteiger partial charge in [-0.3, -0.25) is 9.78 Å². The molecule has 2 heterocycles. The minimum atomic E-state index is -0.405. The third-order valence-corrected chi connectivity index (χ3v) is 3.85. The highest BCUT2D eigenvalue weighted by atomic mass is 16.5. The average molecular weight is 377 g/mol. The first-order valence-corrected chi connectivity index (χ1v) is 8.53. The van der Waals surface area contributed by atoms with Crippen LogP contribution in [0.4, 0.5) is 11.5 Å². The predicted octanol–water partition coefficient (Wildman–Crippen LogP) is 2.64. The minimum absolute atomic E-state index is 0.259. The first-order valence-electron chi connectivity index (χ1n) is 8.53. The van der Waals surface area contributed by atoms with Gasteiger partial charge in [0, 0.05) is 30.7 Å². The van der Waals surface area contributed by atoms with Gasteiger partial charge in [-0.15, -0.1) is 0 Å². The Morgan fingerprint density at radius 1 is 1.04 bits per heavy atom. The molecule has 0 saturated heterocycles. The SMILES string of the molecule is COC(=O)c1ccc(Nc2cc(C(=O)NCc3ccncc3)nc(C)n2)cc1. The first-order chi connectivity index (χ1) is 13.5. The van der Waals surface area contributed by atoms with Crippen LogP contribution in [0.2, 0.25) is 0 Å². The van der Waals surface area contributed by atoms with Gasteiger partial charge in [0.15, 0.2) is 0 Å². The Kier molecular flexibility index (Phi) is 5.91. The molecule has 0 aliphatic heterocycles. The molecule has 8 heteroatoms. The van der Waals surface area contributed by atoms with E-state index in [9.17, 15) is 9.59 Å². The van der Waals surface area contributed by atoms with Gasteiger partial charge in [-0.05, 0) is 48.9 Å². The molecule has 3 rings (SSSR count). The molecule has 3 aromatic rings. The third kappa shape index (κ3) is 4.88. The molecule has 28 heavy (non-hydrogen) atoms. The number of hydrogen-bond donors (Lipinski definition) is 2. The summed E-state index contributed by atoms with van der Waals surface area (Å²) in [7, 11) is 1.33. The average Bonchev–Trinajstić information content (AvgIpc) is 2.72. The summed E-state index contributed by atoms with van der Waals surface area (Å²) in [6.07, 6.45) is 3.34.